The fourth-order valence-corrected chi connectivity index (χ4v) is 3.92. The quantitative estimate of drug-likeness (QED) is 0.494. The van der Waals surface area contributed by atoms with Crippen LogP contribution in [0, 0.1) is 5.82 Å². The van der Waals surface area contributed by atoms with Crippen LogP contribution >= 0.6 is 0 Å². The maximum Gasteiger partial charge on any atom is 0.255 e. The van der Waals surface area contributed by atoms with Crippen LogP contribution in [0.4, 0.5) is 15.9 Å². The second-order valence-corrected chi connectivity index (χ2v) is 7.85. The van der Waals surface area contributed by atoms with Crippen molar-refractivity contribution in [3.63, 3.8) is 0 Å². The summed E-state index contributed by atoms with van der Waals surface area (Å²) in [5, 5.41) is 3.18. The minimum Gasteiger partial charge on any atom is -0.340 e. The van der Waals surface area contributed by atoms with Crippen molar-refractivity contribution in [2.75, 3.05) is 18.4 Å². The molecule has 164 valence electrons. The third kappa shape index (κ3) is 4.69. The van der Waals surface area contributed by atoms with Crippen molar-refractivity contribution < 1.29 is 9.18 Å². The average molecular weight is 440 g/mol. The number of hydrogen-bond acceptors (Lipinski definition) is 6. The van der Waals surface area contributed by atoms with Crippen molar-refractivity contribution in [3.8, 4) is 11.3 Å². The van der Waals surface area contributed by atoms with Gasteiger partial charge in [0.25, 0.3) is 5.91 Å². The molecule has 3 aromatic heterocycles. The van der Waals surface area contributed by atoms with Gasteiger partial charge in [0, 0.05) is 61.1 Å². The Morgan fingerprint density at radius 1 is 1.00 bits per heavy atom. The number of benzene rings is 1. The van der Waals surface area contributed by atoms with E-state index in [1.807, 2.05) is 23.1 Å². The van der Waals surface area contributed by atoms with Crippen LogP contribution < -0.4 is 5.32 Å². The van der Waals surface area contributed by atoms with E-state index in [-0.39, 0.29) is 17.6 Å². The third-order valence-corrected chi connectivity index (χ3v) is 5.57. The lowest BCUT2D eigenvalue weighted by atomic mass is 10.1. The maximum absolute atomic E-state index is 13.7. The molecule has 1 unspecified atom stereocenters. The molecule has 0 spiro atoms. The zero-order chi connectivity index (χ0) is 22.6. The molecule has 1 aliphatic heterocycles. The Morgan fingerprint density at radius 2 is 1.88 bits per heavy atom. The summed E-state index contributed by atoms with van der Waals surface area (Å²) < 4.78 is 13.7. The van der Waals surface area contributed by atoms with Gasteiger partial charge in [-0.2, -0.15) is 0 Å². The van der Waals surface area contributed by atoms with E-state index in [4.69, 9.17) is 9.97 Å². The number of carbonyl (C=O) groups excluding carboxylic acids is 1. The van der Waals surface area contributed by atoms with Gasteiger partial charge in [-0.05, 0) is 48.9 Å². The molecule has 4 aromatic rings. The third-order valence-electron chi connectivity index (χ3n) is 5.57. The van der Waals surface area contributed by atoms with Gasteiger partial charge in [0.1, 0.15) is 17.5 Å². The van der Waals surface area contributed by atoms with Gasteiger partial charge in [-0.15, -0.1) is 0 Å². The van der Waals surface area contributed by atoms with Crippen molar-refractivity contribution in [1.29, 1.82) is 0 Å². The number of nitrogens with zero attached hydrogens (tertiary/aromatic N) is 5. The number of carbonyl (C=O) groups is 1. The van der Waals surface area contributed by atoms with Gasteiger partial charge in [-0.3, -0.25) is 14.8 Å². The van der Waals surface area contributed by atoms with Crippen LogP contribution in [0.15, 0.2) is 79.4 Å². The molecule has 5 rings (SSSR count). The van der Waals surface area contributed by atoms with Gasteiger partial charge in [-0.25, -0.2) is 14.4 Å². The van der Waals surface area contributed by atoms with Crippen molar-refractivity contribution in [2.45, 2.75) is 12.3 Å². The normalized spacial score (nSPS) is 15.4. The number of anilines is 2. The lowest BCUT2D eigenvalue weighted by Gasteiger charge is -2.17. The number of nitrogens with one attached hydrogen (secondary N) is 1. The molecule has 1 amide bonds. The molecule has 33 heavy (non-hydrogen) atoms. The largest absolute Gasteiger partial charge is 0.340 e. The first-order valence-electron chi connectivity index (χ1n) is 10.7. The monoisotopic (exact) mass is 440 g/mol. The van der Waals surface area contributed by atoms with Gasteiger partial charge >= 0.3 is 0 Å². The number of halogens is 1. The molecule has 0 aliphatic carbocycles. The zero-order valence-corrected chi connectivity index (χ0v) is 17.7. The summed E-state index contributed by atoms with van der Waals surface area (Å²) in [6.45, 7) is 1.14. The smallest absolute Gasteiger partial charge is 0.255 e. The van der Waals surface area contributed by atoms with Crippen LogP contribution in [-0.4, -0.2) is 43.8 Å². The Labute approximate surface area is 190 Å². The summed E-state index contributed by atoms with van der Waals surface area (Å²) in [5.74, 6) is 0.817. The van der Waals surface area contributed by atoms with Crippen molar-refractivity contribution in [2.24, 2.45) is 0 Å². The minimum absolute atomic E-state index is 0.0135. The highest BCUT2D eigenvalue weighted by Crippen LogP contribution is 2.30. The molecule has 1 atom stereocenters. The molecule has 1 aromatic carbocycles. The number of pyridine rings is 2. The minimum atomic E-state index is -0.330. The number of rotatable bonds is 5. The molecular weight excluding hydrogens is 419 g/mol. The molecule has 7 nitrogen and oxygen atoms in total. The highest BCUT2D eigenvalue weighted by Gasteiger charge is 2.30. The predicted molar refractivity (Wildman–Crippen MR) is 122 cm³/mol. The fourth-order valence-electron chi connectivity index (χ4n) is 3.92. The van der Waals surface area contributed by atoms with Crippen LogP contribution in [0.2, 0.25) is 0 Å². The van der Waals surface area contributed by atoms with Gasteiger partial charge < -0.3 is 10.2 Å². The van der Waals surface area contributed by atoms with Gasteiger partial charge in [0.2, 0.25) is 0 Å². The van der Waals surface area contributed by atoms with Crippen molar-refractivity contribution in [1.82, 2.24) is 24.8 Å². The SMILES string of the molecule is O=C(c1cccnc1)N1CCC(c2nc(Nc3cccc(F)c3)cc(-c3ccncc3)n2)C1. The van der Waals surface area contributed by atoms with E-state index >= 15 is 0 Å². The predicted octanol–water partition coefficient (Wildman–Crippen LogP) is 4.45. The number of aromatic nitrogens is 4. The molecule has 0 radical (unpaired) electrons. The Kier molecular flexibility index (Phi) is 5.72. The van der Waals surface area contributed by atoms with Crippen LogP contribution in [0.3, 0.4) is 0 Å². The maximum atomic E-state index is 13.7. The Balaban J connectivity index is 1.44. The first kappa shape index (κ1) is 20.7. The van der Waals surface area contributed by atoms with Crippen LogP contribution in [0.25, 0.3) is 11.3 Å². The highest BCUT2D eigenvalue weighted by molar-refractivity contribution is 5.94. The lowest BCUT2D eigenvalue weighted by Crippen LogP contribution is -2.28. The standard InChI is InChI=1S/C25H21FN6O/c26-20-4-1-5-21(13-20)29-23-14-22(17-6-10-27-11-7-17)30-24(31-23)19-8-12-32(16-19)25(33)18-3-2-9-28-15-18/h1-7,9-11,13-15,19H,8,12,16H2,(H,29,30,31). The van der Waals surface area contributed by atoms with Gasteiger partial charge in [0.15, 0.2) is 0 Å². The molecule has 4 heterocycles. The fraction of sp³-hybridized carbons (Fsp3) is 0.160. The number of likely N-dealkylation sites (tertiary alicyclic amines) is 1. The average Bonchev–Trinajstić information content (AvgIpc) is 3.35. The van der Waals surface area contributed by atoms with Crippen molar-refractivity contribution >= 4 is 17.4 Å². The van der Waals surface area contributed by atoms with Crippen molar-refractivity contribution in [3.05, 3.63) is 96.6 Å². The summed E-state index contributed by atoms with van der Waals surface area (Å²) in [6.07, 6.45) is 7.40. The topological polar surface area (TPSA) is 83.9 Å². The van der Waals surface area contributed by atoms with E-state index < -0.39 is 0 Å². The Bertz CT molecular complexity index is 1270. The molecule has 0 saturated carbocycles. The second-order valence-electron chi connectivity index (χ2n) is 7.85. The number of amides is 1. The summed E-state index contributed by atoms with van der Waals surface area (Å²) >= 11 is 0. The summed E-state index contributed by atoms with van der Waals surface area (Å²) in [6, 6.07) is 15.3. The molecule has 0 bridgehead atoms. The van der Waals surface area contributed by atoms with Crippen LogP contribution in [0.1, 0.15) is 28.5 Å². The first-order valence-corrected chi connectivity index (χ1v) is 10.7. The first-order chi connectivity index (χ1) is 16.2. The van der Waals surface area contributed by atoms with E-state index in [9.17, 15) is 9.18 Å². The van der Waals surface area contributed by atoms with E-state index in [2.05, 4.69) is 15.3 Å². The van der Waals surface area contributed by atoms with E-state index in [0.717, 1.165) is 17.7 Å². The van der Waals surface area contributed by atoms with E-state index in [0.29, 0.717) is 36.0 Å². The van der Waals surface area contributed by atoms with E-state index in [1.165, 1.54) is 12.1 Å². The van der Waals surface area contributed by atoms with Gasteiger partial charge in [0.05, 0.1) is 11.3 Å². The summed E-state index contributed by atoms with van der Waals surface area (Å²) in [7, 11) is 0. The lowest BCUT2D eigenvalue weighted by molar-refractivity contribution is 0.0790. The van der Waals surface area contributed by atoms with Crippen LogP contribution in [0.5, 0.6) is 0 Å². The molecule has 1 fully saturated rings. The highest BCUT2D eigenvalue weighted by atomic mass is 19.1. The Hall–Kier alpha value is -4.20. The Morgan fingerprint density at radius 3 is 2.67 bits per heavy atom. The zero-order valence-electron chi connectivity index (χ0n) is 17.7. The molecule has 1 aliphatic rings. The van der Waals surface area contributed by atoms with E-state index in [1.54, 1.807) is 49.1 Å². The summed E-state index contributed by atoms with van der Waals surface area (Å²) in [4.78, 5) is 32.3. The van der Waals surface area contributed by atoms with Gasteiger partial charge in [-0.1, -0.05) is 6.07 Å². The molecule has 1 saturated heterocycles. The number of hydrogen-bond donors (Lipinski definition) is 1. The molecular formula is C25H21FN6O. The molecule has 1 N–H and O–H groups in total. The second kappa shape index (κ2) is 9.12. The summed E-state index contributed by atoms with van der Waals surface area (Å²) in [5.41, 5.74) is 2.80. The van der Waals surface area contributed by atoms with Crippen LogP contribution in [-0.2, 0) is 0 Å². The molecule has 8 heteroatoms.